The zero-order valence-corrected chi connectivity index (χ0v) is 10.1. The monoisotopic (exact) mass is 222 g/mol. The molecule has 1 rings (SSSR count). The standard InChI is InChI=1S/C13H18O3/c1-4-16-13-6-5-11(9-10(13)2)12(14)7-8-15-3/h5-6,9H,4,7-8H2,1-3H3. The summed E-state index contributed by atoms with van der Waals surface area (Å²) in [6.45, 7) is 4.98. The number of ether oxygens (including phenoxy) is 2. The summed E-state index contributed by atoms with van der Waals surface area (Å²) in [4.78, 5) is 11.7. The second-order valence-electron chi connectivity index (χ2n) is 3.58. The topological polar surface area (TPSA) is 35.5 Å². The van der Waals surface area contributed by atoms with Crippen molar-refractivity contribution in [1.29, 1.82) is 0 Å². The Morgan fingerprint density at radius 1 is 1.38 bits per heavy atom. The zero-order chi connectivity index (χ0) is 12.0. The molecule has 16 heavy (non-hydrogen) atoms. The van der Waals surface area contributed by atoms with E-state index in [-0.39, 0.29) is 5.78 Å². The second-order valence-corrected chi connectivity index (χ2v) is 3.58. The summed E-state index contributed by atoms with van der Waals surface area (Å²) in [5.41, 5.74) is 1.71. The summed E-state index contributed by atoms with van der Waals surface area (Å²) in [7, 11) is 1.59. The van der Waals surface area contributed by atoms with Crippen molar-refractivity contribution in [3.05, 3.63) is 29.3 Å². The van der Waals surface area contributed by atoms with Gasteiger partial charge in [-0.05, 0) is 37.6 Å². The molecule has 1 aromatic rings. The second kappa shape index (κ2) is 6.28. The van der Waals surface area contributed by atoms with Gasteiger partial charge in [0.05, 0.1) is 13.2 Å². The Bertz CT molecular complexity index is 358. The van der Waals surface area contributed by atoms with Gasteiger partial charge in [0.2, 0.25) is 0 Å². The lowest BCUT2D eigenvalue weighted by Crippen LogP contribution is -2.04. The number of Topliss-reactive ketones (excluding diaryl/α,β-unsaturated/α-hetero) is 1. The third kappa shape index (κ3) is 3.35. The van der Waals surface area contributed by atoms with E-state index in [0.29, 0.717) is 19.6 Å². The van der Waals surface area contributed by atoms with Gasteiger partial charge >= 0.3 is 0 Å². The van der Waals surface area contributed by atoms with Crippen LogP contribution in [0, 0.1) is 6.92 Å². The van der Waals surface area contributed by atoms with Crippen LogP contribution in [0.4, 0.5) is 0 Å². The molecule has 0 N–H and O–H groups in total. The number of benzene rings is 1. The van der Waals surface area contributed by atoms with E-state index >= 15 is 0 Å². The first-order valence-electron chi connectivity index (χ1n) is 5.44. The summed E-state index contributed by atoms with van der Waals surface area (Å²) in [5.74, 6) is 0.943. The molecule has 0 spiro atoms. The van der Waals surface area contributed by atoms with Gasteiger partial charge in [-0.25, -0.2) is 0 Å². The number of ketones is 1. The smallest absolute Gasteiger partial charge is 0.165 e. The van der Waals surface area contributed by atoms with Gasteiger partial charge in [0.15, 0.2) is 5.78 Å². The molecular formula is C13H18O3. The summed E-state index contributed by atoms with van der Waals surface area (Å²) in [5, 5.41) is 0. The Balaban J connectivity index is 2.76. The van der Waals surface area contributed by atoms with E-state index in [9.17, 15) is 4.79 Å². The molecule has 0 aliphatic rings. The molecular weight excluding hydrogens is 204 g/mol. The predicted octanol–water partition coefficient (Wildman–Crippen LogP) is 2.61. The van der Waals surface area contributed by atoms with Crippen LogP contribution >= 0.6 is 0 Å². The lowest BCUT2D eigenvalue weighted by molar-refractivity contribution is 0.0932. The Morgan fingerprint density at radius 2 is 2.12 bits per heavy atom. The Hall–Kier alpha value is -1.35. The highest BCUT2D eigenvalue weighted by atomic mass is 16.5. The van der Waals surface area contributed by atoms with Crippen LogP contribution in [0.3, 0.4) is 0 Å². The third-order valence-corrected chi connectivity index (χ3v) is 2.33. The molecule has 0 fully saturated rings. The minimum Gasteiger partial charge on any atom is -0.494 e. The quantitative estimate of drug-likeness (QED) is 0.694. The molecule has 0 heterocycles. The largest absolute Gasteiger partial charge is 0.494 e. The first kappa shape index (κ1) is 12.7. The first-order valence-corrected chi connectivity index (χ1v) is 5.44. The minimum absolute atomic E-state index is 0.105. The average Bonchev–Trinajstić information content (AvgIpc) is 2.29. The van der Waals surface area contributed by atoms with Crippen LogP contribution in [-0.4, -0.2) is 26.1 Å². The molecule has 88 valence electrons. The molecule has 3 heteroatoms. The molecule has 0 unspecified atom stereocenters. The van der Waals surface area contributed by atoms with Crippen molar-refractivity contribution in [3.63, 3.8) is 0 Å². The normalized spacial score (nSPS) is 10.2. The van der Waals surface area contributed by atoms with Gasteiger partial charge < -0.3 is 9.47 Å². The average molecular weight is 222 g/mol. The molecule has 0 atom stereocenters. The Labute approximate surface area is 96.4 Å². The van der Waals surface area contributed by atoms with Crippen LogP contribution in [0.25, 0.3) is 0 Å². The van der Waals surface area contributed by atoms with Crippen LogP contribution in [0.15, 0.2) is 18.2 Å². The van der Waals surface area contributed by atoms with Crippen LogP contribution in [0.1, 0.15) is 29.3 Å². The Morgan fingerprint density at radius 3 is 2.69 bits per heavy atom. The van der Waals surface area contributed by atoms with Crippen LogP contribution < -0.4 is 4.74 Å². The van der Waals surface area contributed by atoms with Gasteiger partial charge in [0.25, 0.3) is 0 Å². The molecule has 0 saturated carbocycles. The van der Waals surface area contributed by atoms with Gasteiger partial charge in [-0.2, -0.15) is 0 Å². The third-order valence-electron chi connectivity index (χ3n) is 2.33. The molecule has 0 aliphatic carbocycles. The number of methoxy groups -OCH3 is 1. The van der Waals surface area contributed by atoms with E-state index in [1.165, 1.54) is 0 Å². The van der Waals surface area contributed by atoms with Gasteiger partial charge in [-0.15, -0.1) is 0 Å². The fraction of sp³-hybridized carbons (Fsp3) is 0.462. The number of hydrogen-bond acceptors (Lipinski definition) is 3. The SMILES string of the molecule is CCOc1ccc(C(=O)CCOC)cc1C. The van der Waals surface area contributed by atoms with Crippen LogP contribution in [0.5, 0.6) is 5.75 Å². The highest BCUT2D eigenvalue weighted by Gasteiger charge is 2.07. The molecule has 0 aliphatic heterocycles. The number of rotatable bonds is 6. The molecule has 3 nitrogen and oxygen atoms in total. The van der Waals surface area contributed by atoms with Crippen molar-refractivity contribution in [2.45, 2.75) is 20.3 Å². The fourth-order valence-corrected chi connectivity index (χ4v) is 1.48. The van der Waals surface area contributed by atoms with Gasteiger partial charge in [0, 0.05) is 19.1 Å². The summed E-state index contributed by atoms with van der Waals surface area (Å²) in [6, 6.07) is 5.51. The van der Waals surface area contributed by atoms with Crippen molar-refractivity contribution in [3.8, 4) is 5.75 Å². The summed E-state index contributed by atoms with van der Waals surface area (Å²) >= 11 is 0. The van der Waals surface area contributed by atoms with E-state index in [0.717, 1.165) is 16.9 Å². The zero-order valence-electron chi connectivity index (χ0n) is 10.1. The summed E-state index contributed by atoms with van der Waals surface area (Å²) < 4.78 is 10.3. The molecule has 0 amide bonds. The molecule has 0 radical (unpaired) electrons. The molecule has 0 aromatic heterocycles. The fourth-order valence-electron chi connectivity index (χ4n) is 1.48. The van der Waals surface area contributed by atoms with Gasteiger partial charge in [-0.3, -0.25) is 4.79 Å². The maximum atomic E-state index is 11.7. The molecule has 0 bridgehead atoms. The van der Waals surface area contributed by atoms with Crippen molar-refractivity contribution in [1.82, 2.24) is 0 Å². The lowest BCUT2D eigenvalue weighted by atomic mass is 10.1. The number of hydrogen-bond donors (Lipinski definition) is 0. The predicted molar refractivity (Wildman–Crippen MR) is 63.2 cm³/mol. The minimum atomic E-state index is 0.105. The van der Waals surface area contributed by atoms with E-state index in [4.69, 9.17) is 9.47 Å². The first-order chi connectivity index (χ1) is 7.69. The van der Waals surface area contributed by atoms with Crippen molar-refractivity contribution in [2.24, 2.45) is 0 Å². The maximum absolute atomic E-state index is 11.7. The molecule has 0 saturated heterocycles. The van der Waals surface area contributed by atoms with Gasteiger partial charge in [-0.1, -0.05) is 0 Å². The molecule has 1 aromatic carbocycles. The highest BCUT2D eigenvalue weighted by Crippen LogP contribution is 2.19. The lowest BCUT2D eigenvalue weighted by Gasteiger charge is -2.08. The highest BCUT2D eigenvalue weighted by molar-refractivity contribution is 5.96. The number of carbonyl (C=O) groups excluding carboxylic acids is 1. The maximum Gasteiger partial charge on any atom is 0.165 e. The van der Waals surface area contributed by atoms with E-state index in [1.807, 2.05) is 26.0 Å². The number of aryl methyl sites for hydroxylation is 1. The van der Waals surface area contributed by atoms with Crippen LogP contribution in [0.2, 0.25) is 0 Å². The van der Waals surface area contributed by atoms with E-state index in [1.54, 1.807) is 13.2 Å². The van der Waals surface area contributed by atoms with E-state index in [2.05, 4.69) is 0 Å². The Kier molecular flexibility index (Phi) is 4.99. The number of carbonyl (C=O) groups is 1. The van der Waals surface area contributed by atoms with E-state index < -0.39 is 0 Å². The van der Waals surface area contributed by atoms with Crippen molar-refractivity contribution in [2.75, 3.05) is 20.3 Å². The van der Waals surface area contributed by atoms with Crippen LogP contribution in [-0.2, 0) is 4.74 Å². The van der Waals surface area contributed by atoms with Crippen molar-refractivity contribution < 1.29 is 14.3 Å². The van der Waals surface area contributed by atoms with Crippen molar-refractivity contribution >= 4 is 5.78 Å². The summed E-state index contributed by atoms with van der Waals surface area (Å²) in [6.07, 6.45) is 0.421. The van der Waals surface area contributed by atoms with Gasteiger partial charge in [0.1, 0.15) is 5.75 Å².